The third kappa shape index (κ3) is 3.36. The van der Waals surface area contributed by atoms with Gasteiger partial charge in [0.15, 0.2) is 0 Å². The van der Waals surface area contributed by atoms with Crippen LogP contribution in [0.2, 0.25) is 0 Å². The monoisotopic (exact) mass is 322 g/mol. The van der Waals surface area contributed by atoms with Gasteiger partial charge >= 0.3 is 0 Å². The highest BCUT2D eigenvalue weighted by atomic mass is 16.3. The second-order valence-corrected chi connectivity index (χ2v) is 5.52. The van der Waals surface area contributed by atoms with E-state index in [0.29, 0.717) is 0 Å². The van der Waals surface area contributed by atoms with Crippen LogP contribution in [-0.4, -0.2) is 35.0 Å². The Hall–Kier alpha value is -2.92. The van der Waals surface area contributed by atoms with Gasteiger partial charge in [0.1, 0.15) is 5.70 Å². The summed E-state index contributed by atoms with van der Waals surface area (Å²) >= 11 is 0. The van der Waals surface area contributed by atoms with Gasteiger partial charge in [-0.2, -0.15) is 0 Å². The highest BCUT2D eigenvalue weighted by Gasteiger charge is 2.30. The van der Waals surface area contributed by atoms with Crippen LogP contribution in [0.1, 0.15) is 11.1 Å². The highest BCUT2D eigenvalue weighted by Crippen LogP contribution is 2.23. The molecule has 1 aliphatic rings. The molecule has 0 aromatic heterocycles. The maximum Gasteiger partial charge on any atom is 0.277 e. The zero-order chi connectivity index (χ0) is 16.9. The molecule has 0 saturated heterocycles. The molecule has 3 rings (SSSR count). The zero-order valence-electron chi connectivity index (χ0n) is 13.1. The van der Waals surface area contributed by atoms with Gasteiger partial charge in [0.2, 0.25) is 0 Å². The van der Waals surface area contributed by atoms with Crippen LogP contribution in [0, 0.1) is 0 Å². The van der Waals surface area contributed by atoms with Crippen LogP contribution in [0.25, 0.3) is 0 Å². The lowest BCUT2D eigenvalue weighted by Gasteiger charge is -2.15. The van der Waals surface area contributed by atoms with Crippen LogP contribution in [0.4, 0.5) is 5.69 Å². The van der Waals surface area contributed by atoms with E-state index in [-0.39, 0.29) is 18.8 Å². The second-order valence-electron chi connectivity index (χ2n) is 5.52. The molecule has 0 atom stereocenters. The number of nitrogens with one attached hydrogen (secondary N) is 1. The summed E-state index contributed by atoms with van der Waals surface area (Å²) in [7, 11) is 0. The molecule has 2 aromatic carbocycles. The third-order valence-corrected chi connectivity index (χ3v) is 3.86. The lowest BCUT2D eigenvalue weighted by molar-refractivity contribution is -0.137. The van der Waals surface area contributed by atoms with Crippen molar-refractivity contribution in [1.82, 2.24) is 4.90 Å². The van der Waals surface area contributed by atoms with Crippen molar-refractivity contribution in [2.75, 3.05) is 18.5 Å². The molecule has 0 bridgehead atoms. The number of carbonyl (C=O) groups excluding carboxylic acids is 2. The van der Waals surface area contributed by atoms with E-state index in [1.807, 2.05) is 54.6 Å². The Balaban J connectivity index is 1.80. The number of hydrogen-bond donors (Lipinski definition) is 2. The van der Waals surface area contributed by atoms with Crippen LogP contribution in [-0.2, 0) is 16.0 Å². The van der Waals surface area contributed by atoms with Gasteiger partial charge in [-0.1, -0.05) is 48.5 Å². The van der Waals surface area contributed by atoms with E-state index in [1.165, 1.54) is 6.08 Å². The van der Waals surface area contributed by atoms with Crippen molar-refractivity contribution < 1.29 is 14.7 Å². The minimum absolute atomic E-state index is 0.00497. The number of aliphatic hydroxyl groups is 1. The lowest BCUT2D eigenvalue weighted by atomic mass is 10.0. The SMILES string of the molecule is O=C1C=C(Nc2ccccc2Cc2ccccc2)C(=O)N1CCO. The first-order chi connectivity index (χ1) is 11.7. The molecule has 122 valence electrons. The maximum absolute atomic E-state index is 12.2. The van der Waals surface area contributed by atoms with Gasteiger partial charge in [-0.15, -0.1) is 0 Å². The number of aliphatic hydroxyl groups excluding tert-OH is 1. The standard InChI is InChI=1S/C19H18N2O3/c22-11-10-21-18(23)13-17(19(21)24)20-16-9-5-4-8-15(16)12-14-6-2-1-3-7-14/h1-9,13,20,22H,10-12H2. The summed E-state index contributed by atoms with van der Waals surface area (Å²) in [6.07, 6.45) is 2.00. The molecule has 0 saturated carbocycles. The van der Waals surface area contributed by atoms with Crippen LogP contribution in [0.5, 0.6) is 0 Å². The molecule has 0 unspecified atom stereocenters. The van der Waals surface area contributed by atoms with E-state index in [0.717, 1.165) is 28.1 Å². The fourth-order valence-electron chi connectivity index (χ4n) is 2.67. The number of imide groups is 1. The Morgan fingerprint density at radius 1 is 0.958 bits per heavy atom. The molecular formula is C19H18N2O3. The van der Waals surface area contributed by atoms with Crippen molar-refractivity contribution in [1.29, 1.82) is 0 Å². The molecule has 5 nitrogen and oxygen atoms in total. The van der Waals surface area contributed by atoms with Crippen molar-refractivity contribution in [3.63, 3.8) is 0 Å². The second kappa shape index (κ2) is 7.10. The molecule has 1 heterocycles. The fourth-order valence-corrected chi connectivity index (χ4v) is 2.67. The fraction of sp³-hybridized carbons (Fsp3) is 0.158. The van der Waals surface area contributed by atoms with Crippen molar-refractivity contribution in [2.45, 2.75) is 6.42 Å². The molecule has 5 heteroatoms. The summed E-state index contributed by atoms with van der Waals surface area (Å²) < 4.78 is 0. The normalized spacial score (nSPS) is 14.0. The maximum atomic E-state index is 12.2. The van der Waals surface area contributed by atoms with Crippen molar-refractivity contribution in [3.05, 3.63) is 77.5 Å². The van der Waals surface area contributed by atoms with Crippen molar-refractivity contribution in [2.24, 2.45) is 0 Å². The van der Waals surface area contributed by atoms with Crippen LogP contribution < -0.4 is 5.32 Å². The average Bonchev–Trinajstić information content (AvgIpc) is 2.85. The molecule has 1 aliphatic heterocycles. The Morgan fingerprint density at radius 3 is 2.42 bits per heavy atom. The number of anilines is 1. The van der Waals surface area contributed by atoms with Crippen LogP contribution in [0.3, 0.4) is 0 Å². The van der Waals surface area contributed by atoms with Gasteiger partial charge in [-0.05, 0) is 23.6 Å². The first-order valence-electron chi connectivity index (χ1n) is 7.76. The summed E-state index contributed by atoms with van der Waals surface area (Å²) in [6.45, 7) is -0.242. The number of carbonyl (C=O) groups is 2. The van der Waals surface area contributed by atoms with Gasteiger partial charge in [-0.25, -0.2) is 0 Å². The average molecular weight is 322 g/mol. The Bertz CT molecular complexity index is 784. The number of benzene rings is 2. The van der Waals surface area contributed by atoms with Crippen molar-refractivity contribution >= 4 is 17.5 Å². The predicted molar refractivity (Wildman–Crippen MR) is 91.2 cm³/mol. The molecule has 2 N–H and O–H groups in total. The molecule has 0 spiro atoms. The molecule has 2 amide bonds. The molecule has 0 aliphatic carbocycles. The van der Waals surface area contributed by atoms with Crippen LogP contribution in [0.15, 0.2) is 66.4 Å². The minimum atomic E-state index is -0.413. The van der Waals surface area contributed by atoms with Crippen molar-refractivity contribution in [3.8, 4) is 0 Å². The summed E-state index contributed by atoms with van der Waals surface area (Å²) in [5.41, 5.74) is 3.22. The largest absolute Gasteiger partial charge is 0.395 e. The Morgan fingerprint density at radius 2 is 1.67 bits per heavy atom. The number of hydrogen-bond acceptors (Lipinski definition) is 4. The van der Waals surface area contributed by atoms with Gasteiger partial charge < -0.3 is 10.4 Å². The van der Waals surface area contributed by atoms with E-state index >= 15 is 0 Å². The lowest BCUT2D eigenvalue weighted by Crippen LogP contribution is -2.34. The number of β-amino-alcohol motifs (C(OH)–C–C–N with tert-alkyl or cyclic N) is 1. The van der Waals surface area contributed by atoms with Gasteiger partial charge in [0, 0.05) is 11.8 Å². The molecule has 0 radical (unpaired) electrons. The topological polar surface area (TPSA) is 69.6 Å². The zero-order valence-corrected chi connectivity index (χ0v) is 13.1. The summed E-state index contributed by atoms with van der Waals surface area (Å²) in [4.78, 5) is 25.1. The Labute approximate surface area is 140 Å². The van der Waals surface area contributed by atoms with Crippen LogP contribution >= 0.6 is 0 Å². The van der Waals surface area contributed by atoms with Gasteiger partial charge in [0.05, 0.1) is 13.2 Å². The summed E-state index contributed by atoms with van der Waals surface area (Å²) in [5.74, 6) is -0.819. The van der Waals surface area contributed by atoms with E-state index in [4.69, 9.17) is 5.11 Å². The highest BCUT2D eigenvalue weighted by molar-refractivity contribution is 6.17. The van der Waals surface area contributed by atoms with E-state index in [1.54, 1.807) is 0 Å². The number of rotatable bonds is 6. The third-order valence-electron chi connectivity index (χ3n) is 3.86. The number of nitrogens with zero attached hydrogens (tertiary/aromatic N) is 1. The van der Waals surface area contributed by atoms with Gasteiger partial charge in [-0.3, -0.25) is 14.5 Å². The van der Waals surface area contributed by atoms with E-state index < -0.39 is 11.8 Å². The molecule has 24 heavy (non-hydrogen) atoms. The van der Waals surface area contributed by atoms with E-state index in [2.05, 4.69) is 5.32 Å². The van der Waals surface area contributed by atoms with E-state index in [9.17, 15) is 9.59 Å². The predicted octanol–water partition coefficient (Wildman–Crippen LogP) is 1.93. The first-order valence-corrected chi connectivity index (χ1v) is 7.76. The number of amides is 2. The molecule has 0 fully saturated rings. The quantitative estimate of drug-likeness (QED) is 0.798. The summed E-state index contributed by atoms with van der Waals surface area (Å²) in [5, 5.41) is 12.0. The first kappa shape index (κ1) is 16.0. The smallest absolute Gasteiger partial charge is 0.277 e. The molecular weight excluding hydrogens is 304 g/mol. The Kier molecular flexibility index (Phi) is 4.72. The summed E-state index contributed by atoms with van der Waals surface area (Å²) in [6, 6.07) is 17.7. The minimum Gasteiger partial charge on any atom is -0.395 e. The number of para-hydroxylation sites is 1. The molecule has 2 aromatic rings. The van der Waals surface area contributed by atoms with Gasteiger partial charge in [0.25, 0.3) is 11.8 Å².